The fourth-order valence-corrected chi connectivity index (χ4v) is 3.99. The SMILES string of the molecule is C#CC[C@H](O)[C@H]1OC(=C2CCCCC2)O[C@H]1CO[Si](C)(C)C(C)(C)C. The molecule has 1 saturated heterocycles. The second-order valence-corrected chi connectivity index (χ2v) is 13.5. The van der Waals surface area contributed by atoms with Crippen molar-refractivity contribution in [3.63, 3.8) is 0 Å². The lowest BCUT2D eigenvalue weighted by Gasteiger charge is -2.37. The van der Waals surface area contributed by atoms with E-state index >= 15 is 0 Å². The summed E-state index contributed by atoms with van der Waals surface area (Å²) in [5.74, 6) is 3.14. The van der Waals surface area contributed by atoms with E-state index in [0.717, 1.165) is 12.8 Å². The van der Waals surface area contributed by atoms with Crippen molar-refractivity contribution in [1.82, 2.24) is 0 Å². The fourth-order valence-electron chi connectivity index (χ4n) is 2.98. The highest BCUT2D eigenvalue weighted by atomic mass is 28.4. The Hall–Kier alpha value is -0.963. The van der Waals surface area contributed by atoms with Crippen LogP contribution in [0.15, 0.2) is 11.5 Å². The standard InChI is InChI=1S/C20H34O4Si/c1-7-11-16(21)18-17(14-22-25(5,6)20(2,3)4)23-19(24-18)15-12-9-8-10-13-15/h1,16-18,21H,8-14H2,2-6H3/t16-,17-,18+/m0/s1. The van der Waals surface area contributed by atoms with Gasteiger partial charge >= 0.3 is 0 Å². The summed E-state index contributed by atoms with van der Waals surface area (Å²) in [6, 6.07) is 0. The smallest absolute Gasteiger partial charge is 0.279 e. The third-order valence-corrected chi connectivity index (χ3v) is 10.2. The molecule has 2 aliphatic rings. The Morgan fingerprint density at radius 2 is 1.88 bits per heavy atom. The van der Waals surface area contributed by atoms with Crippen molar-refractivity contribution in [3.05, 3.63) is 11.5 Å². The Kier molecular flexibility index (Phi) is 6.64. The van der Waals surface area contributed by atoms with Gasteiger partial charge in [0.2, 0.25) is 0 Å². The summed E-state index contributed by atoms with van der Waals surface area (Å²) in [4.78, 5) is 0. The second kappa shape index (κ2) is 8.16. The molecule has 25 heavy (non-hydrogen) atoms. The van der Waals surface area contributed by atoms with Gasteiger partial charge in [0.15, 0.2) is 20.5 Å². The average Bonchev–Trinajstić information content (AvgIpc) is 2.97. The lowest BCUT2D eigenvalue weighted by Crippen LogP contribution is -2.45. The van der Waals surface area contributed by atoms with Gasteiger partial charge in [-0.05, 0) is 43.8 Å². The number of aliphatic hydroxyl groups is 1. The Morgan fingerprint density at radius 1 is 1.24 bits per heavy atom. The van der Waals surface area contributed by atoms with Crippen LogP contribution in [-0.4, -0.2) is 38.3 Å². The molecule has 0 aromatic carbocycles. The molecule has 142 valence electrons. The molecule has 0 unspecified atom stereocenters. The van der Waals surface area contributed by atoms with Crippen LogP contribution in [0.25, 0.3) is 0 Å². The molecule has 1 N–H and O–H groups in total. The van der Waals surface area contributed by atoms with Crippen molar-refractivity contribution < 1.29 is 19.0 Å². The van der Waals surface area contributed by atoms with E-state index in [4.69, 9.17) is 20.3 Å². The van der Waals surface area contributed by atoms with E-state index in [-0.39, 0.29) is 17.6 Å². The molecule has 0 spiro atoms. The van der Waals surface area contributed by atoms with Crippen molar-refractivity contribution in [1.29, 1.82) is 0 Å². The first-order chi connectivity index (χ1) is 11.7. The number of aliphatic hydroxyl groups excluding tert-OH is 1. The van der Waals surface area contributed by atoms with Crippen LogP contribution in [0.5, 0.6) is 0 Å². The topological polar surface area (TPSA) is 47.9 Å². The summed E-state index contributed by atoms with van der Waals surface area (Å²) in [6.45, 7) is 11.5. The molecule has 4 nitrogen and oxygen atoms in total. The van der Waals surface area contributed by atoms with E-state index in [9.17, 15) is 5.11 Å². The quantitative estimate of drug-likeness (QED) is 0.580. The summed E-state index contributed by atoms with van der Waals surface area (Å²) in [7, 11) is -1.89. The van der Waals surface area contributed by atoms with E-state index < -0.39 is 20.5 Å². The highest BCUT2D eigenvalue weighted by molar-refractivity contribution is 6.74. The molecule has 1 heterocycles. The maximum absolute atomic E-state index is 10.4. The van der Waals surface area contributed by atoms with Crippen LogP contribution in [-0.2, 0) is 13.9 Å². The minimum absolute atomic E-state index is 0.129. The Bertz CT molecular complexity index is 519. The maximum atomic E-state index is 10.4. The van der Waals surface area contributed by atoms with Crippen LogP contribution in [0.1, 0.15) is 59.3 Å². The molecule has 1 saturated carbocycles. The molecule has 0 radical (unpaired) electrons. The molecule has 0 aromatic rings. The minimum Gasteiger partial charge on any atom is -0.456 e. The predicted molar refractivity (Wildman–Crippen MR) is 102 cm³/mol. The fraction of sp³-hybridized carbons (Fsp3) is 0.800. The lowest BCUT2D eigenvalue weighted by atomic mass is 9.96. The zero-order valence-corrected chi connectivity index (χ0v) is 17.4. The van der Waals surface area contributed by atoms with Gasteiger partial charge in [0, 0.05) is 12.0 Å². The minimum atomic E-state index is -1.89. The zero-order chi connectivity index (χ0) is 18.7. The third-order valence-electron chi connectivity index (χ3n) is 5.73. The molecular weight excluding hydrogens is 332 g/mol. The van der Waals surface area contributed by atoms with Gasteiger partial charge in [0.25, 0.3) is 5.95 Å². The van der Waals surface area contributed by atoms with E-state index in [1.807, 2.05) is 0 Å². The lowest BCUT2D eigenvalue weighted by molar-refractivity contribution is 0.000906. The molecule has 0 bridgehead atoms. The van der Waals surface area contributed by atoms with Gasteiger partial charge in [-0.25, -0.2) is 0 Å². The van der Waals surface area contributed by atoms with E-state index in [0.29, 0.717) is 12.6 Å². The van der Waals surface area contributed by atoms with Crippen molar-refractivity contribution >= 4 is 8.32 Å². The van der Waals surface area contributed by atoms with Crippen LogP contribution in [0.4, 0.5) is 0 Å². The number of hydrogen-bond donors (Lipinski definition) is 1. The summed E-state index contributed by atoms with van der Waals surface area (Å²) >= 11 is 0. The van der Waals surface area contributed by atoms with Crippen LogP contribution in [0, 0.1) is 12.3 Å². The monoisotopic (exact) mass is 366 g/mol. The maximum Gasteiger partial charge on any atom is 0.279 e. The van der Waals surface area contributed by atoms with Gasteiger partial charge in [0.05, 0.1) is 6.61 Å². The van der Waals surface area contributed by atoms with Gasteiger partial charge in [-0.2, -0.15) is 0 Å². The van der Waals surface area contributed by atoms with Gasteiger partial charge < -0.3 is 19.0 Å². The summed E-state index contributed by atoms with van der Waals surface area (Å²) in [6.07, 6.45) is 9.79. The molecule has 0 amide bonds. The highest BCUT2D eigenvalue weighted by Crippen LogP contribution is 2.38. The first-order valence-corrected chi connectivity index (χ1v) is 12.4. The molecule has 1 aliphatic heterocycles. The van der Waals surface area contributed by atoms with Crippen molar-refractivity contribution in [2.75, 3.05) is 6.61 Å². The van der Waals surface area contributed by atoms with Crippen LogP contribution < -0.4 is 0 Å². The van der Waals surface area contributed by atoms with Gasteiger partial charge in [0.1, 0.15) is 6.10 Å². The molecule has 2 fully saturated rings. The molecule has 3 atom stereocenters. The van der Waals surface area contributed by atoms with Gasteiger partial charge in [-0.15, -0.1) is 12.3 Å². The summed E-state index contributed by atoms with van der Waals surface area (Å²) < 4.78 is 18.5. The largest absolute Gasteiger partial charge is 0.456 e. The number of terminal acetylenes is 1. The molecule has 0 aromatic heterocycles. The van der Waals surface area contributed by atoms with Gasteiger partial charge in [-0.3, -0.25) is 0 Å². The number of ether oxygens (including phenoxy) is 2. The average molecular weight is 367 g/mol. The van der Waals surface area contributed by atoms with E-state index in [1.165, 1.54) is 24.8 Å². The third kappa shape index (κ3) is 5.03. The van der Waals surface area contributed by atoms with Crippen molar-refractivity contribution in [2.24, 2.45) is 0 Å². The van der Waals surface area contributed by atoms with E-state index in [1.54, 1.807) is 0 Å². The molecule has 2 rings (SSSR count). The Balaban J connectivity index is 2.11. The number of rotatable bonds is 5. The molecule has 5 heteroatoms. The van der Waals surface area contributed by atoms with Gasteiger partial charge in [-0.1, -0.05) is 27.2 Å². The number of allylic oxidation sites excluding steroid dienone is 1. The zero-order valence-electron chi connectivity index (χ0n) is 16.4. The van der Waals surface area contributed by atoms with Crippen LogP contribution >= 0.6 is 0 Å². The predicted octanol–water partition coefficient (Wildman–Crippen LogP) is 4.35. The van der Waals surface area contributed by atoms with Crippen molar-refractivity contribution in [2.45, 2.75) is 95.7 Å². The van der Waals surface area contributed by atoms with Crippen LogP contribution in [0.3, 0.4) is 0 Å². The van der Waals surface area contributed by atoms with Crippen molar-refractivity contribution in [3.8, 4) is 12.3 Å². The first kappa shape index (κ1) is 20.4. The Labute approximate surface area is 154 Å². The summed E-state index contributed by atoms with van der Waals surface area (Å²) in [5.41, 5.74) is 1.24. The summed E-state index contributed by atoms with van der Waals surface area (Å²) in [5, 5.41) is 10.5. The molecule has 1 aliphatic carbocycles. The highest BCUT2D eigenvalue weighted by Gasteiger charge is 2.43. The van der Waals surface area contributed by atoms with E-state index in [2.05, 4.69) is 39.8 Å². The molecular formula is C20H34O4Si. The Morgan fingerprint density at radius 3 is 2.44 bits per heavy atom. The normalized spacial score (nSPS) is 26.0. The first-order valence-electron chi connectivity index (χ1n) is 9.46. The second-order valence-electron chi connectivity index (χ2n) is 8.74. The van der Waals surface area contributed by atoms with Crippen LogP contribution in [0.2, 0.25) is 18.1 Å². The number of hydrogen-bond acceptors (Lipinski definition) is 4.